The van der Waals surface area contributed by atoms with Crippen molar-refractivity contribution in [1.82, 2.24) is 0 Å². The van der Waals surface area contributed by atoms with E-state index < -0.39 is 0 Å². The average molecular weight is 654 g/mol. The standard InChI is InChI=1S/C48H31NO2/c1-2-10-32(11-3-1)33-18-20-35(21-19-33)39-12-4-7-15-44(39)49(38-27-29-48-43(31-38)41-14-6-9-17-46(41)51-48)37-25-22-34(23-26-37)36-24-28-47-42(30-36)40-13-5-8-16-45(40)50-47/h1-31H. The topological polar surface area (TPSA) is 29.5 Å². The van der Waals surface area contributed by atoms with E-state index in [1.54, 1.807) is 0 Å². The summed E-state index contributed by atoms with van der Waals surface area (Å²) in [7, 11) is 0. The van der Waals surface area contributed by atoms with Crippen LogP contribution in [-0.2, 0) is 0 Å². The normalized spacial score (nSPS) is 11.5. The average Bonchev–Trinajstić information content (AvgIpc) is 3.77. The number of nitrogens with zero attached hydrogens (tertiary/aromatic N) is 1. The highest BCUT2D eigenvalue weighted by Gasteiger charge is 2.19. The second-order valence-corrected chi connectivity index (χ2v) is 12.9. The van der Waals surface area contributed by atoms with Gasteiger partial charge in [0.15, 0.2) is 0 Å². The van der Waals surface area contributed by atoms with Crippen LogP contribution in [0.25, 0.3) is 77.3 Å². The van der Waals surface area contributed by atoms with Crippen molar-refractivity contribution in [2.45, 2.75) is 0 Å². The van der Waals surface area contributed by atoms with Crippen molar-refractivity contribution >= 4 is 60.9 Å². The fourth-order valence-electron chi connectivity index (χ4n) is 7.37. The van der Waals surface area contributed by atoms with E-state index >= 15 is 0 Å². The lowest BCUT2D eigenvalue weighted by Gasteiger charge is -2.28. The smallest absolute Gasteiger partial charge is 0.135 e. The van der Waals surface area contributed by atoms with Gasteiger partial charge in [0, 0.05) is 38.5 Å². The third-order valence-electron chi connectivity index (χ3n) is 9.90. The van der Waals surface area contributed by atoms with Crippen molar-refractivity contribution in [2.24, 2.45) is 0 Å². The Labute approximate surface area is 295 Å². The summed E-state index contributed by atoms with van der Waals surface area (Å²) in [6.07, 6.45) is 0. The lowest BCUT2D eigenvalue weighted by molar-refractivity contribution is 0.668. The van der Waals surface area contributed by atoms with Gasteiger partial charge in [-0.25, -0.2) is 0 Å². The van der Waals surface area contributed by atoms with Gasteiger partial charge in [-0.05, 0) is 88.5 Å². The van der Waals surface area contributed by atoms with Crippen molar-refractivity contribution in [2.75, 3.05) is 4.90 Å². The summed E-state index contributed by atoms with van der Waals surface area (Å²) in [5, 5.41) is 4.46. The lowest BCUT2D eigenvalue weighted by Crippen LogP contribution is -2.11. The molecule has 0 saturated carbocycles. The largest absolute Gasteiger partial charge is 0.456 e. The molecule has 240 valence electrons. The van der Waals surface area contributed by atoms with Crippen molar-refractivity contribution < 1.29 is 8.83 Å². The summed E-state index contributed by atoms with van der Waals surface area (Å²) in [6.45, 7) is 0. The highest BCUT2D eigenvalue weighted by molar-refractivity contribution is 6.07. The molecule has 0 unspecified atom stereocenters. The molecule has 0 fully saturated rings. The number of fused-ring (bicyclic) bond motifs is 6. The van der Waals surface area contributed by atoms with E-state index in [1.165, 1.54) is 11.1 Å². The molecular weight excluding hydrogens is 623 g/mol. The number of hydrogen-bond acceptors (Lipinski definition) is 3. The molecule has 3 heteroatoms. The third-order valence-corrected chi connectivity index (χ3v) is 9.90. The van der Waals surface area contributed by atoms with Crippen LogP contribution in [0.1, 0.15) is 0 Å². The van der Waals surface area contributed by atoms with E-state index in [4.69, 9.17) is 8.83 Å². The quantitative estimate of drug-likeness (QED) is 0.179. The molecule has 10 rings (SSSR count). The lowest BCUT2D eigenvalue weighted by atomic mass is 9.98. The second-order valence-electron chi connectivity index (χ2n) is 12.9. The summed E-state index contributed by atoms with van der Waals surface area (Å²) >= 11 is 0. The van der Waals surface area contributed by atoms with Crippen molar-refractivity contribution in [3.05, 3.63) is 188 Å². The predicted octanol–water partition coefficient (Wildman–Crippen LogP) is 14.0. The van der Waals surface area contributed by atoms with E-state index in [0.29, 0.717) is 0 Å². The van der Waals surface area contributed by atoms with Crippen molar-refractivity contribution in [3.63, 3.8) is 0 Å². The second kappa shape index (κ2) is 11.9. The first-order chi connectivity index (χ1) is 25.3. The molecule has 0 aliphatic rings. The highest BCUT2D eigenvalue weighted by Crippen LogP contribution is 2.43. The SMILES string of the molecule is c1ccc(-c2ccc(-c3ccccc3N(c3ccc(-c4ccc5oc6ccccc6c5c4)cc3)c3ccc4oc5ccccc5c4c3)cc2)cc1. The minimum absolute atomic E-state index is 0.877. The first-order valence-electron chi connectivity index (χ1n) is 17.2. The molecule has 10 aromatic rings. The first-order valence-corrected chi connectivity index (χ1v) is 17.2. The zero-order chi connectivity index (χ0) is 33.7. The Morgan fingerprint density at radius 1 is 0.294 bits per heavy atom. The molecule has 2 aromatic heterocycles. The number of hydrogen-bond donors (Lipinski definition) is 0. The zero-order valence-electron chi connectivity index (χ0n) is 27.7. The van der Waals surface area contributed by atoms with Gasteiger partial charge in [-0.3, -0.25) is 0 Å². The summed E-state index contributed by atoms with van der Waals surface area (Å²) in [5.41, 5.74) is 13.8. The van der Waals surface area contributed by atoms with Crippen LogP contribution in [0.15, 0.2) is 197 Å². The monoisotopic (exact) mass is 653 g/mol. The molecule has 3 nitrogen and oxygen atoms in total. The van der Waals surface area contributed by atoms with Crippen LogP contribution >= 0.6 is 0 Å². The van der Waals surface area contributed by atoms with Crippen LogP contribution in [0, 0.1) is 0 Å². The van der Waals surface area contributed by atoms with Gasteiger partial charge in [0.05, 0.1) is 5.69 Å². The number of rotatable bonds is 6. The molecule has 0 atom stereocenters. The van der Waals surface area contributed by atoms with Crippen LogP contribution in [0.3, 0.4) is 0 Å². The van der Waals surface area contributed by atoms with Gasteiger partial charge in [-0.2, -0.15) is 0 Å². The van der Waals surface area contributed by atoms with Gasteiger partial charge < -0.3 is 13.7 Å². The Morgan fingerprint density at radius 3 is 1.49 bits per heavy atom. The summed E-state index contributed by atoms with van der Waals surface area (Å²) in [6, 6.07) is 66.4. The van der Waals surface area contributed by atoms with Gasteiger partial charge in [0.1, 0.15) is 22.3 Å². The van der Waals surface area contributed by atoms with Crippen LogP contribution in [0.4, 0.5) is 17.1 Å². The summed E-state index contributed by atoms with van der Waals surface area (Å²) < 4.78 is 12.3. The molecule has 0 radical (unpaired) electrons. The van der Waals surface area contributed by atoms with E-state index in [2.05, 4.69) is 169 Å². The van der Waals surface area contributed by atoms with Crippen LogP contribution in [0.2, 0.25) is 0 Å². The maximum atomic E-state index is 6.23. The number of benzene rings is 8. The molecule has 0 amide bonds. The first kappa shape index (κ1) is 29.1. The van der Waals surface area contributed by atoms with Crippen LogP contribution < -0.4 is 4.90 Å². The summed E-state index contributed by atoms with van der Waals surface area (Å²) in [4.78, 5) is 2.36. The van der Waals surface area contributed by atoms with Gasteiger partial charge >= 0.3 is 0 Å². The number of anilines is 3. The van der Waals surface area contributed by atoms with Gasteiger partial charge in [-0.1, -0.05) is 127 Å². The van der Waals surface area contributed by atoms with Crippen LogP contribution in [0.5, 0.6) is 0 Å². The molecule has 0 N–H and O–H groups in total. The Bertz CT molecular complexity index is 2840. The Hall–Kier alpha value is -6.84. The molecular formula is C48H31NO2. The molecule has 51 heavy (non-hydrogen) atoms. The van der Waals surface area contributed by atoms with E-state index in [1.807, 2.05) is 24.3 Å². The predicted molar refractivity (Wildman–Crippen MR) is 212 cm³/mol. The summed E-state index contributed by atoms with van der Waals surface area (Å²) in [5.74, 6) is 0. The minimum atomic E-state index is 0.877. The van der Waals surface area contributed by atoms with E-state index in [0.717, 1.165) is 83.2 Å². The highest BCUT2D eigenvalue weighted by atomic mass is 16.3. The van der Waals surface area contributed by atoms with Crippen molar-refractivity contribution in [1.29, 1.82) is 0 Å². The third kappa shape index (κ3) is 5.06. The van der Waals surface area contributed by atoms with Crippen LogP contribution in [-0.4, -0.2) is 0 Å². The maximum absolute atomic E-state index is 6.23. The van der Waals surface area contributed by atoms with Gasteiger partial charge in [0.25, 0.3) is 0 Å². The number of para-hydroxylation sites is 3. The molecule has 0 saturated heterocycles. The van der Waals surface area contributed by atoms with E-state index in [9.17, 15) is 0 Å². The molecule has 0 aliphatic heterocycles. The van der Waals surface area contributed by atoms with Crippen molar-refractivity contribution in [3.8, 4) is 33.4 Å². The Kier molecular flexibility index (Phi) is 6.81. The van der Waals surface area contributed by atoms with E-state index in [-0.39, 0.29) is 0 Å². The Morgan fingerprint density at radius 2 is 0.765 bits per heavy atom. The Balaban J connectivity index is 1.11. The molecule has 0 bridgehead atoms. The number of furan rings is 2. The molecule has 0 aliphatic carbocycles. The molecule has 8 aromatic carbocycles. The van der Waals surface area contributed by atoms with Gasteiger partial charge in [-0.15, -0.1) is 0 Å². The zero-order valence-corrected chi connectivity index (χ0v) is 27.7. The maximum Gasteiger partial charge on any atom is 0.135 e. The molecule has 0 spiro atoms. The minimum Gasteiger partial charge on any atom is -0.456 e. The molecule has 2 heterocycles. The fourth-order valence-corrected chi connectivity index (χ4v) is 7.37. The van der Waals surface area contributed by atoms with Gasteiger partial charge in [0.2, 0.25) is 0 Å². The fraction of sp³-hybridized carbons (Fsp3) is 0.